The van der Waals surface area contributed by atoms with Crippen LogP contribution in [-0.4, -0.2) is 103 Å². The highest BCUT2D eigenvalue weighted by molar-refractivity contribution is 6.18. The van der Waals surface area contributed by atoms with E-state index in [-0.39, 0.29) is 29.7 Å². The number of ether oxygens (including phenoxy) is 1. The third kappa shape index (κ3) is 8.81. The number of nitrogens with zero attached hydrogens (tertiary/aromatic N) is 1. The monoisotopic (exact) mass is 886 g/mol. The van der Waals surface area contributed by atoms with Crippen molar-refractivity contribution in [2.24, 2.45) is 5.73 Å². The predicted octanol–water partition coefficient (Wildman–Crippen LogP) is 9.48. The second-order valence-corrected chi connectivity index (χ2v) is 11.3. The molecule has 0 saturated heterocycles. The smallest absolute Gasteiger partial charge is 0.460 e. The summed E-state index contributed by atoms with van der Waals surface area (Å²) < 4.78 is 287. The lowest BCUT2D eigenvalue weighted by Crippen LogP contribution is -2.76. The third-order valence-electron chi connectivity index (χ3n) is 7.00. The zero-order chi connectivity index (χ0) is 41.4. The van der Waals surface area contributed by atoms with Crippen LogP contribution in [0.4, 0.5) is 97.9 Å². The molecule has 0 heterocycles. The Morgan fingerprint density at radius 1 is 0.604 bits per heavy atom. The zero-order valence-corrected chi connectivity index (χ0v) is 27.6. The predicted molar refractivity (Wildman–Crippen MR) is 145 cm³/mol. The van der Waals surface area contributed by atoms with Crippen molar-refractivity contribution in [1.82, 2.24) is 0 Å². The standard InChI is InChI=1S/C25H21Cl2F21N2O2.ClH/c26-6-8-50(9-7-27)13-3-1-12(2-4-13)11-14(49)15(51)52-10-5-16(28,29)17(30,31)18(32,33)19(34,35)20(36,37)21(38,39)22(40,41)23(42,43)24(44,45)25(46,47)48;/h1-4,14H,5-11,49H2;1H/t14-;/m0./s1. The first-order valence-corrected chi connectivity index (χ1v) is 14.4. The van der Waals surface area contributed by atoms with Gasteiger partial charge in [-0.15, -0.1) is 35.6 Å². The molecule has 53 heavy (non-hydrogen) atoms. The fraction of sp³-hybridized carbons (Fsp3) is 0.720. The van der Waals surface area contributed by atoms with Gasteiger partial charge in [-0.2, -0.15) is 92.2 Å². The van der Waals surface area contributed by atoms with Crippen molar-refractivity contribution >= 4 is 47.3 Å². The Morgan fingerprint density at radius 2 is 0.943 bits per heavy atom. The molecular formula is C25H22Cl3F21N2O2. The second kappa shape index (κ2) is 16.5. The summed E-state index contributed by atoms with van der Waals surface area (Å²) in [6, 6.07) is 3.78. The maximum Gasteiger partial charge on any atom is 0.460 e. The molecule has 28 heteroatoms. The van der Waals surface area contributed by atoms with E-state index in [1.54, 1.807) is 4.90 Å². The molecule has 1 aromatic rings. The lowest BCUT2D eigenvalue weighted by Gasteiger charge is -2.44. The van der Waals surface area contributed by atoms with E-state index in [1.165, 1.54) is 24.3 Å². The summed E-state index contributed by atoms with van der Waals surface area (Å²) in [5, 5.41) is 0. The quantitative estimate of drug-likeness (QED) is 0.0856. The van der Waals surface area contributed by atoms with E-state index in [1.807, 2.05) is 0 Å². The van der Waals surface area contributed by atoms with Crippen LogP contribution >= 0.6 is 35.6 Å². The van der Waals surface area contributed by atoms with Gasteiger partial charge in [-0.05, 0) is 24.1 Å². The largest absolute Gasteiger partial charge is 0.464 e. The van der Waals surface area contributed by atoms with Gasteiger partial charge in [0.1, 0.15) is 6.04 Å². The maximum atomic E-state index is 14.1. The van der Waals surface area contributed by atoms with Gasteiger partial charge in [-0.3, -0.25) is 4.79 Å². The molecule has 1 atom stereocenters. The van der Waals surface area contributed by atoms with Gasteiger partial charge in [0.05, 0.1) is 13.0 Å². The molecule has 0 amide bonds. The number of carbonyl (C=O) groups excluding carboxylic acids is 1. The van der Waals surface area contributed by atoms with Gasteiger partial charge in [0.15, 0.2) is 0 Å². The van der Waals surface area contributed by atoms with Gasteiger partial charge in [-0.1, -0.05) is 12.1 Å². The fourth-order valence-electron chi connectivity index (χ4n) is 3.89. The fourth-order valence-corrected chi connectivity index (χ4v) is 4.30. The number of alkyl halides is 23. The van der Waals surface area contributed by atoms with Crippen molar-refractivity contribution in [2.75, 3.05) is 36.4 Å². The number of hydrogen-bond donors (Lipinski definition) is 1. The maximum absolute atomic E-state index is 14.1. The summed E-state index contributed by atoms with van der Waals surface area (Å²) in [5.74, 6) is -79.3. The second-order valence-electron chi connectivity index (χ2n) is 10.6. The highest BCUT2D eigenvalue weighted by Gasteiger charge is 2.97. The van der Waals surface area contributed by atoms with Gasteiger partial charge in [-0.25, -0.2) is 0 Å². The van der Waals surface area contributed by atoms with Crippen LogP contribution < -0.4 is 10.6 Å². The molecule has 0 aliphatic heterocycles. The molecular weight excluding hydrogens is 866 g/mol. The molecule has 0 radical (unpaired) electrons. The molecule has 0 saturated carbocycles. The number of benzene rings is 1. The first-order valence-electron chi connectivity index (χ1n) is 13.4. The van der Waals surface area contributed by atoms with E-state index in [4.69, 9.17) is 28.9 Å². The van der Waals surface area contributed by atoms with Gasteiger partial charge in [0.25, 0.3) is 0 Å². The molecule has 1 aromatic carbocycles. The first kappa shape index (κ1) is 50.9. The van der Waals surface area contributed by atoms with Gasteiger partial charge < -0.3 is 15.4 Å². The highest BCUT2D eigenvalue weighted by atomic mass is 35.5. The Balaban J connectivity index is 0.0000270. The number of hydrogen-bond acceptors (Lipinski definition) is 4. The third-order valence-corrected chi connectivity index (χ3v) is 7.34. The van der Waals surface area contributed by atoms with Crippen molar-refractivity contribution < 1.29 is 102 Å². The summed E-state index contributed by atoms with van der Waals surface area (Å²) in [4.78, 5) is 13.7. The number of nitrogens with two attached hydrogens (primary N) is 1. The average Bonchev–Trinajstić information content (AvgIpc) is 2.99. The number of carbonyl (C=O) groups is 1. The Morgan fingerprint density at radius 3 is 1.28 bits per heavy atom. The van der Waals surface area contributed by atoms with Gasteiger partial charge in [0, 0.05) is 30.5 Å². The summed E-state index contributed by atoms with van der Waals surface area (Å²) in [6.07, 6.45) is -11.6. The molecule has 4 nitrogen and oxygen atoms in total. The van der Waals surface area contributed by atoms with Crippen LogP contribution in [0.15, 0.2) is 24.3 Å². The lowest BCUT2D eigenvalue weighted by atomic mass is 9.86. The Hall–Kier alpha value is -2.15. The van der Waals surface area contributed by atoms with Crippen molar-refractivity contribution in [3.63, 3.8) is 0 Å². The summed E-state index contributed by atoms with van der Waals surface area (Å²) in [5.41, 5.74) is 6.23. The van der Waals surface area contributed by atoms with Crippen LogP contribution in [0.25, 0.3) is 0 Å². The first-order chi connectivity index (χ1) is 23.0. The summed E-state index contributed by atoms with van der Waals surface area (Å²) >= 11 is 11.3. The minimum absolute atomic E-state index is 0. The molecule has 2 N–H and O–H groups in total. The normalized spacial score (nSPS) is 15.2. The van der Waals surface area contributed by atoms with Crippen LogP contribution in [0, 0.1) is 0 Å². The van der Waals surface area contributed by atoms with E-state index >= 15 is 0 Å². The van der Waals surface area contributed by atoms with Crippen molar-refractivity contribution in [3.05, 3.63) is 29.8 Å². The van der Waals surface area contributed by atoms with E-state index in [0.29, 0.717) is 18.8 Å². The van der Waals surface area contributed by atoms with Crippen LogP contribution in [-0.2, 0) is 16.0 Å². The van der Waals surface area contributed by atoms with Crippen molar-refractivity contribution in [2.45, 2.75) is 78.4 Å². The molecule has 312 valence electrons. The number of anilines is 1. The Labute approximate surface area is 299 Å². The molecule has 0 aliphatic rings. The molecule has 0 spiro atoms. The lowest BCUT2D eigenvalue weighted by molar-refractivity contribution is -0.474. The van der Waals surface area contributed by atoms with Crippen LogP contribution in [0.1, 0.15) is 12.0 Å². The molecule has 1 rings (SSSR count). The van der Waals surface area contributed by atoms with Crippen LogP contribution in [0.3, 0.4) is 0 Å². The summed E-state index contributed by atoms with van der Waals surface area (Å²) in [6.45, 7) is -1.54. The molecule has 0 unspecified atom stereocenters. The molecule has 0 bridgehead atoms. The van der Waals surface area contributed by atoms with E-state index in [9.17, 15) is 97.0 Å². The number of esters is 1. The van der Waals surface area contributed by atoms with Crippen molar-refractivity contribution in [3.8, 4) is 0 Å². The average molecular weight is 888 g/mol. The van der Waals surface area contributed by atoms with Crippen LogP contribution in [0.5, 0.6) is 0 Å². The Bertz CT molecular complexity index is 1350. The van der Waals surface area contributed by atoms with Crippen LogP contribution in [0.2, 0.25) is 0 Å². The molecule has 0 aliphatic carbocycles. The molecule has 0 fully saturated rings. The zero-order valence-electron chi connectivity index (χ0n) is 25.3. The summed E-state index contributed by atoms with van der Waals surface area (Å²) in [7, 11) is 0. The molecule has 0 aromatic heterocycles. The number of rotatable bonds is 19. The Kier molecular flexibility index (Phi) is 15.9. The van der Waals surface area contributed by atoms with Gasteiger partial charge >= 0.3 is 65.4 Å². The van der Waals surface area contributed by atoms with E-state index in [2.05, 4.69) is 4.74 Å². The minimum Gasteiger partial charge on any atom is -0.464 e. The van der Waals surface area contributed by atoms with E-state index < -0.39 is 90.9 Å². The van der Waals surface area contributed by atoms with Gasteiger partial charge in [0.2, 0.25) is 0 Å². The topological polar surface area (TPSA) is 55.6 Å². The SMILES string of the molecule is Cl.N[C@@H](Cc1ccc(N(CCCl)CCCl)cc1)C(=O)OCCC(F)(F)C(F)(F)C(F)(F)C(F)(F)C(F)(F)C(F)(F)C(F)(F)C(F)(F)C(F)(F)C(F)(F)F. The van der Waals surface area contributed by atoms with Crippen molar-refractivity contribution in [1.29, 1.82) is 0 Å². The number of halogens is 24. The van der Waals surface area contributed by atoms with E-state index in [0.717, 1.165) is 0 Å². The highest BCUT2D eigenvalue weighted by Crippen LogP contribution is 2.66. The minimum atomic E-state index is -9.25.